The summed E-state index contributed by atoms with van der Waals surface area (Å²) in [4.78, 5) is 19.1. The molecule has 0 saturated heterocycles. The second-order valence-electron chi connectivity index (χ2n) is 4.93. The molecule has 1 aromatic carbocycles. The van der Waals surface area contributed by atoms with Crippen LogP contribution in [-0.2, 0) is 6.54 Å². The van der Waals surface area contributed by atoms with E-state index in [2.05, 4.69) is 23.4 Å². The van der Waals surface area contributed by atoms with Gasteiger partial charge in [-0.25, -0.2) is 0 Å². The smallest absolute Gasteiger partial charge is 0.289 e. The first-order chi connectivity index (χ1) is 11.1. The van der Waals surface area contributed by atoms with Crippen LogP contribution in [0.5, 0.6) is 0 Å². The zero-order valence-corrected chi connectivity index (χ0v) is 15.1. The third-order valence-corrected chi connectivity index (χ3v) is 5.55. The average Bonchev–Trinajstić information content (AvgIpc) is 3.16. The average molecular weight is 363 g/mol. The van der Waals surface area contributed by atoms with E-state index in [1.807, 2.05) is 35.7 Å². The lowest BCUT2D eigenvalue weighted by Crippen LogP contribution is -2.16. The lowest BCUT2D eigenvalue weighted by Gasteiger charge is -2.07. The van der Waals surface area contributed by atoms with Gasteiger partial charge in [0.2, 0.25) is 0 Å². The van der Waals surface area contributed by atoms with Crippen molar-refractivity contribution in [2.75, 3.05) is 0 Å². The molecule has 23 heavy (non-hydrogen) atoms. The molecule has 0 aliphatic heterocycles. The molecule has 0 bridgehead atoms. The van der Waals surface area contributed by atoms with Crippen LogP contribution in [0.2, 0.25) is 5.02 Å². The quantitative estimate of drug-likeness (QED) is 0.645. The maximum atomic E-state index is 12.3. The zero-order chi connectivity index (χ0) is 16.4. The molecule has 6 heteroatoms. The van der Waals surface area contributed by atoms with Crippen molar-refractivity contribution < 1.29 is 4.79 Å². The van der Waals surface area contributed by atoms with Crippen LogP contribution in [0.25, 0.3) is 11.3 Å². The number of thiophene rings is 1. The second-order valence-corrected chi connectivity index (χ2v) is 7.50. The summed E-state index contributed by atoms with van der Waals surface area (Å²) in [6.07, 6.45) is 0. The molecular weight excluding hydrogens is 348 g/mol. The van der Waals surface area contributed by atoms with Gasteiger partial charge in [0, 0.05) is 16.4 Å². The Morgan fingerprint density at radius 3 is 2.61 bits per heavy atom. The third-order valence-electron chi connectivity index (χ3n) is 3.44. The van der Waals surface area contributed by atoms with Gasteiger partial charge in [-0.15, -0.1) is 22.7 Å². The lowest BCUT2D eigenvalue weighted by atomic mass is 10.1. The fourth-order valence-electron chi connectivity index (χ4n) is 2.41. The Morgan fingerprint density at radius 2 is 2.00 bits per heavy atom. The lowest BCUT2D eigenvalue weighted by molar-refractivity contribution is 0.100. The summed E-state index contributed by atoms with van der Waals surface area (Å²) in [7, 11) is 0. The molecule has 0 unspecified atom stereocenters. The van der Waals surface area contributed by atoms with E-state index < -0.39 is 0 Å². The largest absolute Gasteiger partial charge is 0.316 e. The first-order valence-electron chi connectivity index (χ1n) is 7.19. The van der Waals surface area contributed by atoms with Crippen LogP contribution in [0, 0.1) is 6.92 Å². The van der Waals surface area contributed by atoms with E-state index in [4.69, 9.17) is 11.6 Å². The highest BCUT2D eigenvalue weighted by atomic mass is 35.5. The Bertz CT molecular complexity index is 890. The van der Waals surface area contributed by atoms with Gasteiger partial charge in [-0.1, -0.05) is 29.8 Å². The number of hydrogen-bond acceptors (Lipinski definition) is 3. The number of hydrogen-bond donors (Lipinski definition) is 0. The van der Waals surface area contributed by atoms with Crippen LogP contribution in [0.4, 0.5) is 0 Å². The zero-order valence-electron chi connectivity index (χ0n) is 12.7. The molecule has 1 amide bonds. The molecule has 0 aliphatic carbocycles. The first-order valence-corrected chi connectivity index (χ1v) is 9.26. The van der Waals surface area contributed by atoms with Crippen LogP contribution >= 0.6 is 34.3 Å². The summed E-state index contributed by atoms with van der Waals surface area (Å²) in [5, 5.41) is 2.59. The minimum atomic E-state index is -0.189. The number of nitrogens with zero attached hydrogens (tertiary/aromatic N) is 2. The predicted molar refractivity (Wildman–Crippen MR) is 97.4 cm³/mol. The van der Waals surface area contributed by atoms with E-state index in [1.54, 1.807) is 6.07 Å². The highest BCUT2D eigenvalue weighted by Gasteiger charge is 2.13. The van der Waals surface area contributed by atoms with Crippen LogP contribution in [-0.4, -0.2) is 10.5 Å². The SMILES string of the molecule is CCn1c(-c2ccc(Cl)cc2)c(C)sc1=NC(=O)c1cccs1. The van der Waals surface area contributed by atoms with Gasteiger partial charge in [-0.2, -0.15) is 4.99 Å². The second kappa shape index (κ2) is 6.83. The van der Waals surface area contributed by atoms with E-state index in [9.17, 15) is 4.79 Å². The maximum absolute atomic E-state index is 12.3. The Hall–Kier alpha value is -1.69. The van der Waals surface area contributed by atoms with Crippen molar-refractivity contribution in [3.63, 3.8) is 0 Å². The summed E-state index contributed by atoms with van der Waals surface area (Å²) in [6, 6.07) is 11.4. The van der Waals surface area contributed by atoms with Gasteiger partial charge in [-0.3, -0.25) is 4.79 Å². The number of carbonyl (C=O) groups excluding carboxylic acids is 1. The predicted octanol–water partition coefficient (Wildman–Crippen LogP) is 5.00. The van der Waals surface area contributed by atoms with Crippen LogP contribution < -0.4 is 4.80 Å². The van der Waals surface area contributed by atoms with Crippen molar-refractivity contribution in [2.24, 2.45) is 4.99 Å². The summed E-state index contributed by atoms with van der Waals surface area (Å²) < 4.78 is 2.08. The minimum Gasteiger partial charge on any atom is -0.316 e. The van der Waals surface area contributed by atoms with Crippen molar-refractivity contribution in [1.82, 2.24) is 4.57 Å². The van der Waals surface area contributed by atoms with E-state index in [-0.39, 0.29) is 5.91 Å². The highest BCUT2D eigenvalue weighted by Crippen LogP contribution is 2.26. The van der Waals surface area contributed by atoms with Gasteiger partial charge >= 0.3 is 0 Å². The van der Waals surface area contributed by atoms with E-state index in [1.165, 1.54) is 22.7 Å². The molecule has 2 heterocycles. The molecule has 0 aliphatic rings. The third kappa shape index (κ3) is 3.32. The molecule has 0 N–H and O–H groups in total. The van der Waals surface area contributed by atoms with Gasteiger partial charge in [0.15, 0.2) is 4.80 Å². The standard InChI is InChI=1S/C17H15ClN2OS2/c1-3-20-15(12-6-8-13(18)9-7-12)11(2)23-17(20)19-16(21)14-5-4-10-22-14/h4-10H,3H2,1-2H3. The Kier molecular flexibility index (Phi) is 4.80. The fraction of sp³-hybridized carbons (Fsp3) is 0.176. The van der Waals surface area contributed by atoms with Crippen molar-refractivity contribution in [1.29, 1.82) is 0 Å². The van der Waals surface area contributed by atoms with E-state index in [0.29, 0.717) is 9.90 Å². The molecule has 0 fully saturated rings. The normalized spacial score (nSPS) is 11.9. The van der Waals surface area contributed by atoms with Crippen molar-refractivity contribution in [3.05, 3.63) is 61.4 Å². The summed E-state index contributed by atoms with van der Waals surface area (Å²) >= 11 is 8.92. The fourth-order valence-corrected chi connectivity index (χ4v) is 4.20. The van der Waals surface area contributed by atoms with Gasteiger partial charge in [0.25, 0.3) is 5.91 Å². The molecule has 118 valence electrons. The molecule has 0 spiro atoms. The topological polar surface area (TPSA) is 34.4 Å². The molecule has 0 atom stereocenters. The van der Waals surface area contributed by atoms with Crippen molar-refractivity contribution in [3.8, 4) is 11.3 Å². The molecule has 3 nitrogen and oxygen atoms in total. The summed E-state index contributed by atoms with van der Waals surface area (Å²) in [6.45, 7) is 4.86. The minimum absolute atomic E-state index is 0.189. The number of halogens is 1. The monoisotopic (exact) mass is 362 g/mol. The number of benzene rings is 1. The molecule has 0 saturated carbocycles. The van der Waals surface area contributed by atoms with Gasteiger partial charge in [0.05, 0.1) is 10.6 Å². The molecule has 3 aromatic rings. The van der Waals surface area contributed by atoms with Crippen molar-refractivity contribution >= 4 is 40.2 Å². The number of amides is 1. The number of rotatable bonds is 3. The van der Waals surface area contributed by atoms with Gasteiger partial charge in [0.1, 0.15) is 0 Å². The molecule has 3 rings (SSSR count). The van der Waals surface area contributed by atoms with Gasteiger partial charge in [-0.05, 0) is 43.0 Å². The van der Waals surface area contributed by atoms with Crippen LogP contribution in [0.3, 0.4) is 0 Å². The summed E-state index contributed by atoms with van der Waals surface area (Å²) in [5.74, 6) is -0.189. The molecular formula is C17H15ClN2OS2. The number of aryl methyl sites for hydroxylation is 1. The Balaban J connectivity index is 2.12. The van der Waals surface area contributed by atoms with Crippen LogP contribution in [0.15, 0.2) is 46.8 Å². The molecule has 2 aromatic heterocycles. The first kappa shape index (κ1) is 16.2. The van der Waals surface area contributed by atoms with Crippen LogP contribution in [0.1, 0.15) is 21.5 Å². The Labute approximate surface area is 147 Å². The highest BCUT2D eigenvalue weighted by molar-refractivity contribution is 7.12. The number of carbonyl (C=O) groups is 1. The van der Waals surface area contributed by atoms with Gasteiger partial charge < -0.3 is 4.57 Å². The Morgan fingerprint density at radius 1 is 1.26 bits per heavy atom. The molecule has 0 radical (unpaired) electrons. The van der Waals surface area contributed by atoms with E-state index in [0.717, 1.165) is 27.5 Å². The summed E-state index contributed by atoms with van der Waals surface area (Å²) in [5.41, 5.74) is 2.17. The maximum Gasteiger partial charge on any atom is 0.289 e. The number of aromatic nitrogens is 1. The van der Waals surface area contributed by atoms with Crippen molar-refractivity contribution in [2.45, 2.75) is 20.4 Å². The van der Waals surface area contributed by atoms with E-state index >= 15 is 0 Å². The number of thiazole rings is 1.